The molecule has 0 unspecified atom stereocenters. The summed E-state index contributed by atoms with van der Waals surface area (Å²) in [5, 5.41) is 0. The maximum atomic E-state index is 11.1. The maximum Gasteiger partial charge on any atom is 0.400 e. The maximum absolute atomic E-state index is 11.1. The van der Waals surface area contributed by atoms with Crippen LogP contribution in [0.5, 0.6) is 0 Å². The highest BCUT2D eigenvalue weighted by atomic mass is 16.1. The van der Waals surface area contributed by atoms with Gasteiger partial charge in [-0.25, -0.2) is 0 Å². The Labute approximate surface area is 70.2 Å². The molecule has 0 atom stereocenters. The van der Waals surface area contributed by atoms with Crippen LogP contribution in [0.4, 0.5) is 0 Å². The van der Waals surface area contributed by atoms with Gasteiger partial charge in [-0.15, -0.1) is 0 Å². The van der Waals surface area contributed by atoms with E-state index in [4.69, 9.17) is 5.53 Å². The molecule has 0 bridgehead atoms. The lowest BCUT2D eigenvalue weighted by atomic mass is 9.97. The molecule has 0 aromatic carbocycles. The van der Waals surface area contributed by atoms with E-state index in [9.17, 15) is 9.59 Å². The van der Waals surface area contributed by atoms with Gasteiger partial charge in [0.1, 0.15) is 0 Å². The molecule has 0 spiro atoms. The van der Waals surface area contributed by atoms with Gasteiger partial charge in [-0.2, -0.15) is 4.79 Å². The van der Waals surface area contributed by atoms with Crippen molar-refractivity contribution in [2.45, 2.75) is 32.1 Å². The van der Waals surface area contributed by atoms with Gasteiger partial charge in [-0.1, -0.05) is 6.42 Å². The lowest BCUT2D eigenvalue weighted by Gasteiger charge is -2.01. The van der Waals surface area contributed by atoms with Gasteiger partial charge < -0.3 is 5.53 Å². The lowest BCUT2D eigenvalue weighted by Crippen LogP contribution is -2.26. The highest BCUT2D eigenvalue weighted by molar-refractivity contribution is 6.64. The Morgan fingerprint density at radius 2 is 1.50 bits per heavy atom. The third-order valence-electron chi connectivity index (χ3n) is 1.94. The summed E-state index contributed by atoms with van der Waals surface area (Å²) >= 11 is 0. The van der Waals surface area contributed by atoms with Crippen LogP contribution in [0.15, 0.2) is 0 Å². The van der Waals surface area contributed by atoms with E-state index in [1.54, 1.807) is 0 Å². The van der Waals surface area contributed by atoms with Crippen LogP contribution >= 0.6 is 0 Å². The van der Waals surface area contributed by atoms with E-state index >= 15 is 0 Å². The van der Waals surface area contributed by atoms with Gasteiger partial charge in [0.2, 0.25) is 11.6 Å². The normalized spacial score (nSPS) is 19.8. The van der Waals surface area contributed by atoms with Crippen LogP contribution in [0.25, 0.3) is 5.53 Å². The van der Waals surface area contributed by atoms with Crippen molar-refractivity contribution in [3.8, 4) is 0 Å². The first-order valence-corrected chi connectivity index (χ1v) is 4.04. The summed E-state index contributed by atoms with van der Waals surface area (Å²) in [4.78, 5) is 24.9. The molecule has 0 N–H and O–H groups in total. The number of rotatable bonds is 0. The zero-order valence-corrected chi connectivity index (χ0v) is 6.75. The van der Waals surface area contributed by atoms with Gasteiger partial charge in [-0.05, 0) is 12.8 Å². The zero-order chi connectivity index (χ0) is 8.97. The van der Waals surface area contributed by atoms with E-state index < -0.39 is 0 Å². The highest BCUT2D eigenvalue weighted by Crippen LogP contribution is 2.09. The van der Waals surface area contributed by atoms with E-state index in [0.717, 1.165) is 19.3 Å². The molecule has 1 saturated carbocycles. The molecule has 4 nitrogen and oxygen atoms in total. The Hall–Kier alpha value is -1.28. The van der Waals surface area contributed by atoms with Crippen molar-refractivity contribution >= 4 is 17.3 Å². The third-order valence-corrected chi connectivity index (χ3v) is 1.94. The number of carbonyl (C=O) groups excluding carboxylic acids is 2. The van der Waals surface area contributed by atoms with E-state index in [-0.39, 0.29) is 17.3 Å². The SMILES string of the molecule is [N-]=[N+]=C1C(=O)CCCCCC1=O. The Bertz CT molecular complexity index is 244. The van der Waals surface area contributed by atoms with Crippen LogP contribution < -0.4 is 0 Å². The second-order valence-electron chi connectivity index (χ2n) is 2.86. The van der Waals surface area contributed by atoms with Crippen LogP contribution in [0.3, 0.4) is 0 Å². The topological polar surface area (TPSA) is 70.5 Å². The predicted octanol–water partition coefficient (Wildman–Crippen LogP) is 0.760. The van der Waals surface area contributed by atoms with Crippen LogP contribution in [0, 0.1) is 0 Å². The minimum Gasteiger partial charge on any atom is -0.360 e. The fourth-order valence-corrected chi connectivity index (χ4v) is 1.25. The Balaban J connectivity index is 2.83. The number of nitrogens with zero attached hydrogens (tertiary/aromatic N) is 2. The van der Waals surface area contributed by atoms with Crippen molar-refractivity contribution in [1.29, 1.82) is 0 Å². The molecule has 0 amide bonds. The summed E-state index contributed by atoms with van der Waals surface area (Å²) in [5.41, 5.74) is 8.13. The van der Waals surface area contributed by atoms with Crippen LogP contribution in [-0.4, -0.2) is 22.1 Å². The van der Waals surface area contributed by atoms with Crippen molar-refractivity contribution in [2.24, 2.45) is 0 Å². The molecule has 4 heteroatoms. The van der Waals surface area contributed by atoms with Crippen LogP contribution in [0.1, 0.15) is 32.1 Å². The third kappa shape index (κ3) is 1.86. The van der Waals surface area contributed by atoms with Gasteiger partial charge in [0.25, 0.3) is 0 Å². The molecule has 1 aliphatic carbocycles. The Morgan fingerprint density at radius 1 is 1.00 bits per heavy atom. The van der Waals surface area contributed by atoms with Crippen molar-refractivity contribution in [3.05, 3.63) is 5.53 Å². The smallest absolute Gasteiger partial charge is 0.360 e. The molecule has 0 radical (unpaired) electrons. The summed E-state index contributed by atoms with van der Waals surface area (Å²) in [6, 6.07) is 0. The summed E-state index contributed by atoms with van der Waals surface area (Å²) in [5.74, 6) is -0.663. The largest absolute Gasteiger partial charge is 0.400 e. The van der Waals surface area contributed by atoms with Crippen LogP contribution in [-0.2, 0) is 9.59 Å². The number of hydrogen-bond donors (Lipinski definition) is 0. The summed E-state index contributed by atoms with van der Waals surface area (Å²) in [6.45, 7) is 0. The molecule has 64 valence electrons. The molecule has 1 aliphatic rings. The zero-order valence-electron chi connectivity index (χ0n) is 6.75. The first kappa shape index (κ1) is 8.81. The second-order valence-corrected chi connectivity index (χ2v) is 2.86. The second kappa shape index (κ2) is 3.93. The monoisotopic (exact) mass is 166 g/mol. The molecular weight excluding hydrogens is 156 g/mol. The molecule has 0 aromatic rings. The Kier molecular flexibility index (Phi) is 2.88. The predicted molar refractivity (Wildman–Crippen MR) is 41.7 cm³/mol. The number of Topliss-reactive ketones (excluding diaryl/α,β-unsaturated/α-hetero) is 2. The molecule has 1 fully saturated rings. The lowest BCUT2D eigenvalue weighted by molar-refractivity contribution is -0.124. The fourth-order valence-electron chi connectivity index (χ4n) is 1.25. The van der Waals surface area contributed by atoms with Crippen LogP contribution in [0.2, 0.25) is 0 Å². The van der Waals surface area contributed by atoms with Gasteiger partial charge in [0.05, 0.1) is 0 Å². The average Bonchev–Trinajstić information content (AvgIpc) is 2.02. The van der Waals surface area contributed by atoms with Crippen molar-refractivity contribution in [1.82, 2.24) is 0 Å². The average molecular weight is 166 g/mol. The van der Waals surface area contributed by atoms with Gasteiger partial charge in [0.15, 0.2) is 0 Å². The highest BCUT2D eigenvalue weighted by Gasteiger charge is 2.29. The minimum atomic E-state index is -0.331. The number of ketones is 2. The summed E-state index contributed by atoms with van der Waals surface area (Å²) in [6.07, 6.45) is 3.11. The summed E-state index contributed by atoms with van der Waals surface area (Å²) < 4.78 is 0. The molecule has 0 saturated heterocycles. The number of hydrogen-bond acceptors (Lipinski definition) is 2. The van der Waals surface area contributed by atoms with Crippen molar-refractivity contribution in [3.63, 3.8) is 0 Å². The quantitative estimate of drug-likeness (QED) is 0.393. The first-order chi connectivity index (χ1) is 5.75. The molecule has 0 aliphatic heterocycles. The molecule has 0 heterocycles. The van der Waals surface area contributed by atoms with Crippen molar-refractivity contribution in [2.75, 3.05) is 0 Å². The van der Waals surface area contributed by atoms with Gasteiger partial charge in [-0.3, -0.25) is 9.59 Å². The summed E-state index contributed by atoms with van der Waals surface area (Å²) in [7, 11) is 0. The van der Waals surface area contributed by atoms with Crippen molar-refractivity contribution < 1.29 is 14.4 Å². The molecule has 12 heavy (non-hydrogen) atoms. The molecule has 0 aromatic heterocycles. The first-order valence-electron chi connectivity index (χ1n) is 4.04. The molecular formula is C8H10N2O2. The minimum absolute atomic E-state index is 0.269. The standard InChI is InChI=1S/C8H10N2O2/c9-10-8-6(11)4-2-1-3-5-7(8)12/h1-5H2. The van der Waals surface area contributed by atoms with E-state index in [2.05, 4.69) is 4.79 Å². The molecule has 1 rings (SSSR count). The van der Waals surface area contributed by atoms with E-state index in [1.165, 1.54) is 0 Å². The Morgan fingerprint density at radius 3 is 1.92 bits per heavy atom. The van der Waals surface area contributed by atoms with Gasteiger partial charge in [0, 0.05) is 12.8 Å². The van der Waals surface area contributed by atoms with E-state index in [1.807, 2.05) is 0 Å². The van der Waals surface area contributed by atoms with Gasteiger partial charge >= 0.3 is 5.71 Å². The van der Waals surface area contributed by atoms with E-state index in [0.29, 0.717) is 12.8 Å². The number of carbonyl (C=O) groups is 2. The fraction of sp³-hybridized carbons (Fsp3) is 0.625.